The molecule has 1 saturated carbocycles. The molecule has 4 rings (SSSR count). The lowest BCUT2D eigenvalue weighted by Crippen LogP contribution is -2.23. The first-order chi connectivity index (χ1) is 15.3. The molecular formula is C22H18ClFN4O4. The van der Waals surface area contributed by atoms with Gasteiger partial charge in [0.1, 0.15) is 17.8 Å². The summed E-state index contributed by atoms with van der Waals surface area (Å²) >= 11 is 5.71. The van der Waals surface area contributed by atoms with Crippen LogP contribution in [-0.2, 0) is 4.79 Å². The summed E-state index contributed by atoms with van der Waals surface area (Å²) in [6.07, 6.45) is 4.35. The Morgan fingerprint density at radius 1 is 1.03 bits per heavy atom. The second-order valence-electron chi connectivity index (χ2n) is 7.41. The minimum atomic E-state index is -0.863. The molecule has 3 N–H and O–H groups in total. The smallest absolute Gasteiger partial charge is 0.323 e. The number of amides is 2. The van der Waals surface area contributed by atoms with Crippen molar-refractivity contribution in [3.05, 3.63) is 65.7 Å². The Morgan fingerprint density at radius 3 is 2.25 bits per heavy atom. The summed E-state index contributed by atoms with van der Waals surface area (Å²) in [5.74, 6) is -1.43. The molecule has 10 heteroatoms. The van der Waals surface area contributed by atoms with Gasteiger partial charge in [-0.25, -0.2) is 19.2 Å². The molecule has 2 aromatic carbocycles. The highest BCUT2D eigenvalue weighted by Gasteiger charge is 2.51. The number of benzene rings is 2. The van der Waals surface area contributed by atoms with E-state index in [4.69, 9.17) is 16.3 Å². The van der Waals surface area contributed by atoms with Crippen LogP contribution in [0.1, 0.15) is 12.8 Å². The zero-order valence-corrected chi connectivity index (χ0v) is 17.4. The van der Waals surface area contributed by atoms with Gasteiger partial charge in [0, 0.05) is 29.3 Å². The molecule has 0 atom stereocenters. The molecule has 0 aliphatic heterocycles. The van der Waals surface area contributed by atoms with Crippen LogP contribution in [-0.4, -0.2) is 33.7 Å². The topological polar surface area (TPSA) is 113 Å². The predicted octanol–water partition coefficient (Wildman–Crippen LogP) is 4.82. The number of rotatable bonds is 7. The van der Waals surface area contributed by atoms with Crippen LogP contribution < -0.4 is 15.4 Å². The number of halogens is 2. The fourth-order valence-electron chi connectivity index (χ4n) is 2.93. The Hall–Kier alpha value is -3.72. The third kappa shape index (κ3) is 4.94. The third-order valence-electron chi connectivity index (χ3n) is 5.07. The number of urea groups is 1. The average Bonchev–Trinajstić information content (AvgIpc) is 3.57. The van der Waals surface area contributed by atoms with Crippen LogP contribution in [0.3, 0.4) is 0 Å². The summed E-state index contributed by atoms with van der Waals surface area (Å²) in [4.78, 5) is 31.6. The van der Waals surface area contributed by atoms with Crippen molar-refractivity contribution in [2.45, 2.75) is 12.8 Å². The van der Waals surface area contributed by atoms with E-state index in [1.165, 1.54) is 18.2 Å². The second kappa shape index (κ2) is 8.80. The highest BCUT2D eigenvalue weighted by atomic mass is 35.5. The fourth-order valence-corrected chi connectivity index (χ4v) is 3.11. The van der Waals surface area contributed by atoms with E-state index in [0.717, 1.165) is 11.1 Å². The summed E-state index contributed by atoms with van der Waals surface area (Å²) in [6, 6.07) is 10.5. The fraction of sp³-hybridized carbons (Fsp3) is 0.182. The number of nitrogens with zero attached hydrogens (tertiary/aromatic N) is 2. The van der Waals surface area contributed by atoms with Gasteiger partial charge in [0.2, 0.25) is 0 Å². The maximum atomic E-state index is 13.2. The largest absolute Gasteiger partial charge is 0.481 e. The lowest BCUT2D eigenvalue weighted by molar-refractivity contribution is -0.144. The van der Waals surface area contributed by atoms with Crippen LogP contribution in [0.2, 0.25) is 5.02 Å². The number of nitrogens with one attached hydrogen (secondary N) is 2. The maximum absolute atomic E-state index is 13.2. The Balaban J connectivity index is 1.33. The standard InChI is InChI=1S/C22H18ClFN4O4/c23-17-9-16(5-6-18(17)24)28-20(31)27-15-3-1-13(2-4-15)14-10-25-21(26-11-14)32-12-22(7-8-22)19(29)30/h1-6,9-11H,7-8,12H2,(H,29,30)(H2,27,28,31). The molecule has 0 saturated heterocycles. The minimum absolute atomic E-state index is 0.0498. The Bertz CT molecular complexity index is 1150. The van der Waals surface area contributed by atoms with Gasteiger partial charge in [-0.3, -0.25) is 4.79 Å². The number of carboxylic acid groups (broad SMARTS) is 1. The summed E-state index contributed by atoms with van der Waals surface area (Å²) in [6.45, 7) is 0.0498. The van der Waals surface area contributed by atoms with E-state index in [0.29, 0.717) is 24.2 Å². The van der Waals surface area contributed by atoms with Gasteiger partial charge >= 0.3 is 18.0 Å². The van der Waals surface area contributed by atoms with E-state index < -0.39 is 23.2 Å². The summed E-state index contributed by atoms with van der Waals surface area (Å²) < 4.78 is 18.6. The van der Waals surface area contributed by atoms with Crippen molar-refractivity contribution >= 4 is 35.0 Å². The van der Waals surface area contributed by atoms with E-state index in [9.17, 15) is 19.1 Å². The van der Waals surface area contributed by atoms with Crippen molar-refractivity contribution in [2.75, 3.05) is 17.2 Å². The minimum Gasteiger partial charge on any atom is -0.481 e. The number of carbonyl (C=O) groups is 2. The van der Waals surface area contributed by atoms with Gasteiger partial charge in [0.15, 0.2) is 0 Å². The molecule has 3 aromatic rings. The molecule has 32 heavy (non-hydrogen) atoms. The normalized spacial score (nSPS) is 13.8. The SMILES string of the molecule is O=C(Nc1ccc(-c2cnc(OCC3(C(=O)O)CC3)nc2)cc1)Nc1ccc(F)c(Cl)c1. The lowest BCUT2D eigenvalue weighted by Gasteiger charge is -2.11. The van der Waals surface area contributed by atoms with Crippen LogP contribution in [0.4, 0.5) is 20.6 Å². The zero-order valence-electron chi connectivity index (χ0n) is 16.6. The van der Waals surface area contributed by atoms with Crippen LogP contribution >= 0.6 is 11.6 Å². The predicted molar refractivity (Wildman–Crippen MR) is 116 cm³/mol. The maximum Gasteiger partial charge on any atom is 0.323 e. The first-order valence-electron chi connectivity index (χ1n) is 9.66. The molecule has 2 amide bonds. The molecule has 1 aromatic heterocycles. The molecular weight excluding hydrogens is 439 g/mol. The molecule has 164 valence electrons. The van der Waals surface area contributed by atoms with Gasteiger partial charge in [-0.05, 0) is 48.7 Å². The van der Waals surface area contributed by atoms with Crippen LogP contribution in [0, 0.1) is 11.2 Å². The van der Waals surface area contributed by atoms with E-state index >= 15 is 0 Å². The first kappa shape index (κ1) is 21.5. The van der Waals surface area contributed by atoms with Crippen LogP contribution in [0.5, 0.6) is 6.01 Å². The van der Waals surface area contributed by atoms with Crippen molar-refractivity contribution in [2.24, 2.45) is 5.41 Å². The van der Waals surface area contributed by atoms with Crippen molar-refractivity contribution in [1.82, 2.24) is 9.97 Å². The Morgan fingerprint density at radius 2 is 1.66 bits per heavy atom. The van der Waals surface area contributed by atoms with Gasteiger partial charge < -0.3 is 20.5 Å². The monoisotopic (exact) mass is 456 g/mol. The molecule has 1 heterocycles. The summed E-state index contributed by atoms with van der Waals surface area (Å²) in [5, 5.41) is 14.3. The zero-order chi connectivity index (χ0) is 22.7. The molecule has 8 nitrogen and oxygen atoms in total. The quantitative estimate of drug-likeness (QED) is 0.469. The second-order valence-corrected chi connectivity index (χ2v) is 7.82. The van der Waals surface area contributed by atoms with Crippen molar-refractivity contribution < 1.29 is 23.8 Å². The van der Waals surface area contributed by atoms with Crippen molar-refractivity contribution in [1.29, 1.82) is 0 Å². The first-order valence-corrected chi connectivity index (χ1v) is 10.0. The highest BCUT2D eigenvalue weighted by molar-refractivity contribution is 6.31. The molecule has 0 unspecified atom stereocenters. The molecule has 1 fully saturated rings. The lowest BCUT2D eigenvalue weighted by atomic mass is 10.1. The molecule has 0 spiro atoms. The number of aliphatic carboxylic acids is 1. The number of anilines is 2. The molecule has 0 bridgehead atoms. The van der Waals surface area contributed by atoms with Crippen molar-refractivity contribution in [3.8, 4) is 17.1 Å². The van der Waals surface area contributed by atoms with Crippen molar-refractivity contribution in [3.63, 3.8) is 0 Å². The summed E-state index contributed by atoms with van der Waals surface area (Å²) in [5.41, 5.74) is 1.65. The van der Waals surface area contributed by atoms with Gasteiger partial charge in [-0.15, -0.1) is 0 Å². The summed E-state index contributed by atoms with van der Waals surface area (Å²) in [7, 11) is 0. The van der Waals surface area contributed by atoms with Crippen LogP contribution in [0.25, 0.3) is 11.1 Å². The number of carboxylic acids is 1. The molecule has 1 aliphatic rings. The average molecular weight is 457 g/mol. The van der Waals surface area contributed by atoms with Gasteiger partial charge in [-0.2, -0.15) is 0 Å². The molecule has 0 radical (unpaired) electrons. The van der Waals surface area contributed by atoms with E-state index in [1.807, 2.05) is 0 Å². The highest BCUT2D eigenvalue weighted by Crippen LogP contribution is 2.45. The Labute approximate surface area is 187 Å². The van der Waals surface area contributed by atoms with Gasteiger partial charge in [-0.1, -0.05) is 23.7 Å². The van der Waals surface area contributed by atoms with E-state index in [1.54, 1.807) is 36.7 Å². The van der Waals surface area contributed by atoms with Gasteiger partial charge in [0.25, 0.3) is 0 Å². The number of aromatic nitrogens is 2. The Kier molecular flexibility index (Phi) is 5.91. The number of hydrogen-bond donors (Lipinski definition) is 3. The third-order valence-corrected chi connectivity index (χ3v) is 5.36. The molecule has 1 aliphatic carbocycles. The number of carbonyl (C=O) groups excluding carboxylic acids is 1. The van der Waals surface area contributed by atoms with Crippen LogP contribution in [0.15, 0.2) is 54.9 Å². The van der Waals surface area contributed by atoms with E-state index in [-0.39, 0.29) is 17.6 Å². The van der Waals surface area contributed by atoms with E-state index in [2.05, 4.69) is 20.6 Å². The van der Waals surface area contributed by atoms with Gasteiger partial charge in [0.05, 0.1) is 5.02 Å². The number of ether oxygens (including phenoxy) is 1. The number of hydrogen-bond acceptors (Lipinski definition) is 5.